The highest BCUT2D eigenvalue weighted by molar-refractivity contribution is 5.98. The van der Waals surface area contributed by atoms with E-state index in [2.05, 4.69) is 4.74 Å². The lowest BCUT2D eigenvalue weighted by Crippen LogP contribution is -2.05. The molecule has 0 spiro atoms. The summed E-state index contributed by atoms with van der Waals surface area (Å²) >= 11 is 0. The summed E-state index contributed by atoms with van der Waals surface area (Å²) in [5.41, 5.74) is 0.998. The molecular formula is C17H20O4. The van der Waals surface area contributed by atoms with Gasteiger partial charge in [-0.15, -0.1) is 0 Å². The van der Waals surface area contributed by atoms with E-state index < -0.39 is 0 Å². The second kappa shape index (κ2) is 7.43. The molecular weight excluding hydrogens is 268 g/mol. The molecule has 4 nitrogen and oxygen atoms in total. The van der Waals surface area contributed by atoms with Crippen molar-refractivity contribution in [3.63, 3.8) is 0 Å². The molecule has 0 unspecified atom stereocenters. The van der Waals surface area contributed by atoms with Crippen molar-refractivity contribution in [1.29, 1.82) is 0 Å². The molecule has 0 aromatic heterocycles. The number of rotatable bonds is 4. The third-order valence-electron chi connectivity index (χ3n) is 2.93. The molecule has 0 radical (unpaired) electrons. The zero-order valence-corrected chi connectivity index (χ0v) is 11.5. The van der Waals surface area contributed by atoms with Gasteiger partial charge in [0.1, 0.15) is 0 Å². The zero-order chi connectivity index (χ0) is 14.5. The SMILES string of the molecule is C.CCCOC(=O)c1ccc2cc(C(=O)OC)ccc2c1. The van der Waals surface area contributed by atoms with Gasteiger partial charge in [0.25, 0.3) is 0 Å². The van der Waals surface area contributed by atoms with E-state index in [1.165, 1.54) is 7.11 Å². The summed E-state index contributed by atoms with van der Waals surface area (Å²) in [5.74, 6) is -0.705. The molecule has 0 N–H and O–H groups in total. The van der Waals surface area contributed by atoms with Gasteiger partial charge in [-0.2, -0.15) is 0 Å². The van der Waals surface area contributed by atoms with Crippen molar-refractivity contribution < 1.29 is 19.1 Å². The number of hydrogen-bond acceptors (Lipinski definition) is 4. The van der Waals surface area contributed by atoms with E-state index in [0.717, 1.165) is 17.2 Å². The van der Waals surface area contributed by atoms with Gasteiger partial charge in [0.05, 0.1) is 24.8 Å². The fourth-order valence-electron chi connectivity index (χ4n) is 1.90. The Morgan fingerprint density at radius 1 is 0.952 bits per heavy atom. The topological polar surface area (TPSA) is 52.6 Å². The first-order valence-corrected chi connectivity index (χ1v) is 6.45. The smallest absolute Gasteiger partial charge is 0.338 e. The van der Waals surface area contributed by atoms with Crippen LogP contribution in [0.4, 0.5) is 0 Å². The normalized spacial score (nSPS) is 9.81. The van der Waals surface area contributed by atoms with Crippen LogP contribution in [0.2, 0.25) is 0 Å². The van der Waals surface area contributed by atoms with Gasteiger partial charge in [-0.05, 0) is 41.5 Å². The molecule has 4 heteroatoms. The number of carbonyl (C=O) groups excluding carboxylic acids is 2. The van der Waals surface area contributed by atoms with Crippen molar-refractivity contribution in [2.75, 3.05) is 13.7 Å². The van der Waals surface area contributed by atoms with Crippen LogP contribution in [0, 0.1) is 0 Å². The van der Waals surface area contributed by atoms with Gasteiger partial charge in [0, 0.05) is 0 Å². The van der Waals surface area contributed by atoms with Gasteiger partial charge in [0.15, 0.2) is 0 Å². The fourth-order valence-corrected chi connectivity index (χ4v) is 1.90. The number of benzene rings is 2. The number of hydrogen-bond donors (Lipinski definition) is 0. The minimum Gasteiger partial charge on any atom is -0.465 e. The van der Waals surface area contributed by atoms with Crippen molar-refractivity contribution in [2.24, 2.45) is 0 Å². The molecule has 0 amide bonds. The van der Waals surface area contributed by atoms with Gasteiger partial charge in [-0.3, -0.25) is 0 Å². The monoisotopic (exact) mass is 288 g/mol. The fraction of sp³-hybridized carbons (Fsp3) is 0.294. The Morgan fingerprint density at radius 3 is 1.95 bits per heavy atom. The Morgan fingerprint density at radius 2 is 1.48 bits per heavy atom. The molecule has 2 aromatic carbocycles. The third-order valence-corrected chi connectivity index (χ3v) is 2.93. The van der Waals surface area contributed by atoms with E-state index in [0.29, 0.717) is 17.7 Å². The lowest BCUT2D eigenvalue weighted by atomic mass is 10.0. The number of methoxy groups -OCH3 is 1. The van der Waals surface area contributed by atoms with Gasteiger partial charge in [-0.1, -0.05) is 26.5 Å². The van der Waals surface area contributed by atoms with Gasteiger partial charge in [-0.25, -0.2) is 9.59 Å². The standard InChI is InChI=1S/C16H16O4.CH4/c1-3-8-20-16(18)14-7-5-11-9-13(15(17)19-2)6-4-12(11)10-14;/h4-7,9-10H,3,8H2,1-2H3;1H4. The van der Waals surface area contributed by atoms with Crippen molar-refractivity contribution in [3.8, 4) is 0 Å². The average molecular weight is 288 g/mol. The molecule has 0 saturated carbocycles. The molecule has 0 bridgehead atoms. The minimum atomic E-state index is -0.377. The largest absolute Gasteiger partial charge is 0.465 e. The second-order valence-electron chi connectivity index (χ2n) is 4.40. The summed E-state index contributed by atoms with van der Waals surface area (Å²) in [5, 5.41) is 1.75. The molecule has 0 aliphatic heterocycles. The van der Waals surface area contributed by atoms with Crippen LogP contribution in [0.15, 0.2) is 36.4 Å². The zero-order valence-electron chi connectivity index (χ0n) is 11.5. The summed E-state index contributed by atoms with van der Waals surface area (Å²) in [7, 11) is 1.35. The highest BCUT2D eigenvalue weighted by atomic mass is 16.5. The van der Waals surface area contributed by atoms with Crippen LogP contribution >= 0.6 is 0 Å². The summed E-state index contributed by atoms with van der Waals surface area (Å²) < 4.78 is 9.77. The number of ether oxygens (including phenoxy) is 2. The van der Waals surface area contributed by atoms with Crippen LogP contribution in [0.1, 0.15) is 41.5 Å². The van der Waals surface area contributed by atoms with Gasteiger partial charge < -0.3 is 9.47 Å². The van der Waals surface area contributed by atoms with E-state index in [-0.39, 0.29) is 19.4 Å². The molecule has 2 rings (SSSR count). The predicted octanol–water partition coefficient (Wildman–Crippen LogP) is 3.83. The van der Waals surface area contributed by atoms with E-state index in [4.69, 9.17) is 4.74 Å². The van der Waals surface area contributed by atoms with Crippen LogP contribution in [-0.2, 0) is 9.47 Å². The van der Waals surface area contributed by atoms with Crippen molar-refractivity contribution in [1.82, 2.24) is 0 Å². The summed E-state index contributed by atoms with van der Waals surface area (Å²) in [4.78, 5) is 23.2. The summed E-state index contributed by atoms with van der Waals surface area (Å²) in [6, 6.07) is 10.5. The molecule has 112 valence electrons. The van der Waals surface area contributed by atoms with Gasteiger partial charge >= 0.3 is 11.9 Å². The highest BCUT2D eigenvalue weighted by Crippen LogP contribution is 2.19. The first kappa shape index (κ1) is 16.7. The first-order chi connectivity index (χ1) is 9.65. The van der Waals surface area contributed by atoms with E-state index in [1.54, 1.807) is 36.4 Å². The average Bonchev–Trinajstić information content (AvgIpc) is 2.50. The molecule has 0 heterocycles. The Balaban J connectivity index is 0.00000220. The van der Waals surface area contributed by atoms with Crippen molar-refractivity contribution >= 4 is 22.7 Å². The maximum absolute atomic E-state index is 11.8. The molecule has 2 aromatic rings. The van der Waals surface area contributed by atoms with Crippen molar-refractivity contribution in [3.05, 3.63) is 47.5 Å². The van der Waals surface area contributed by atoms with Gasteiger partial charge in [0.2, 0.25) is 0 Å². The summed E-state index contributed by atoms with van der Waals surface area (Å²) in [6.07, 6.45) is 0.793. The minimum absolute atomic E-state index is 0. The van der Waals surface area contributed by atoms with E-state index in [1.807, 2.05) is 6.92 Å². The van der Waals surface area contributed by atoms with Crippen LogP contribution < -0.4 is 0 Å². The lowest BCUT2D eigenvalue weighted by Gasteiger charge is -2.06. The molecule has 0 aliphatic carbocycles. The summed E-state index contributed by atoms with van der Waals surface area (Å²) in [6.45, 7) is 2.36. The number of fused-ring (bicyclic) bond motifs is 1. The first-order valence-electron chi connectivity index (χ1n) is 6.45. The third kappa shape index (κ3) is 3.81. The Kier molecular flexibility index (Phi) is 5.91. The van der Waals surface area contributed by atoms with Crippen LogP contribution in [0.3, 0.4) is 0 Å². The Bertz CT molecular complexity index is 646. The maximum atomic E-state index is 11.8. The highest BCUT2D eigenvalue weighted by Gasteiger charge is 2.09. The van der Waals surface area contributed by atoms with Crippen LogP contribution in [0.5, 0.6) is 0 Å². The number of esters is 2. The molecule has 0 atom stereocenters. The molecule has 0 saturated heterocycles. The van der Waals surface area contributed by atoms with E-state index in [9.17, 15) is 9.59 Å². The van der Waals surface area contributed by atoms with Crippen LogP contribution in [-0.4, -0.2) is 25.7 Å². The molecule has 0 fully saturated rings. The number of carbonyl (C=O) groups is 2. The molecule has 0 aliphatic rings. The quantitative estimate of drug-likeness (QED) is 0.802. The Labute approximate surface area is 124 Å². The predicted molar refractivity (Wildman–Crippen MR) is 82.6 cm³/mol. The van der Waals surface area contributed by atoms with Crippen LogP contribution in [0.25, 0.3) is 10.8 Å². The Hall–Kier alpha value is -2.36. The maximum Gasteiger partial charge on any atom is 0.338 e. The van der Waals surface area contributed by atoms with Crippen molar-refractivity contribution in [2.45, 2.75) is 20.8 Å². The van der Waals surface area contributed by atoms with E-state index >= 15 is 0 Å². The molecule has 21 heavy (non-hydrogen) atoms. The lowest BCUT2D eigenvalue weighted by molar-refractivity contribution is 0.0504. The second-order valence-corrected chi connectivity index (χ2v) is 4.40.